The summed E-state index contributed by atoms with van der Waals surface area (Å²) in [6, 6.07) is 10.9. The first-order valence-electron chi connectivity index (χ1n) is 9.11. The van der Waals surface area contributed by atoms with Gasteiger partial charge in [-0.2, -0.15) is 0 Å². The standard InChI is InChI=1S/C20H22ClN3O2/c21-15-9-7-14(8-10-15)12-24-18(25)13-23-11-3-6-17(23)19(24)20(26)22-16-4-1-2-5-16/h3,6-11,16,19H,1-2,4-5,12-13H2,(H,22,26)/t19-/m0/s1. The van der Waals surface area contributed by atoms with E-state index in [2.05, 4.69) is 5.32 Å². The summed E-state index contributed by atoms with van der Waals surface area (Å²) in [7, 11) is 0. The van der Waals surface area contributed by atoms with Crippen LogP contribution in [0.5, 0.6) is 0 Å². The van der Waals surface area contributed by atoms with Crippen LogP contribution in [0, 0.1) is 0 Å². The highest BCUT2D eigenvalue weighted by Gasteiger charge is 2.38. The number of carbonyl (C=O) groups excluding carboxylic acids is 2. The van der Waals surface area contributed by atoms with Crippen molar-refractivity contribution in [3.05, 3.63) is 58.9 Å². The van der Waals surface area contributed by atoms with Gasteiger partial charge in [-0.25, -0.2) is 0 Å². The van der Waals surface area contributed by atoms with E-state index in [1.54, 1.807) is 4.90 Å². The van der Waals surface area contributed by atoms with Crippen molar-refractivity contribution in [3.63, 3.8) is 0 Å². The Morgan fingerprint density at radius 3 is 2.62 bits per heavy atom. The van der Waals surface area contributed by atoms with Crippen LogP contribution < -0.4 is 5.32 Å². The van der Waals surface area contributed by atoms with Crippen molar-refractivity contribution in [3.8, 4) is 0 Å². The molecule has 0 radical (unpaired) electrons. The highest BCUT2D eigenvalue weighted by Crippen LogP contribution is 2.30. The summed E-state index contributed by atoms with van der Waals surface area (Å²) >= 11 is 5.96. The number of hydrogen-bond acceptors (Lipinski definition) is 2. The van der Waals surface area contributed by atoms with Crippen molar-refractivity contribution in [1.29, 1.82) is 0 Å². The Morgan fingerprint density at radius 1 is 1.15 bits per heavy atom. The number of rotatable bonds is 4. The number of carbonyl (C=O) groups is 2. The number of benzene rings is 1. The van der Waals surface area contributed by atoms with Gasteiger partial charge in [0.05, 0.1) is 5.69 Å². The zero-order valence-corrected chi connectivity index (χ0v) is 15.3. The predicted octanol–water partition coefficient (Wildman–Crippen LogP) is 3.28. The van der Waals surface area contributed by atoms with Gasteiger partial charge in [0.1, 0.15) is 6.54 Å². The minimum absolute atomic E-state index is 0.0461. The molecule has 1 N–H and O–H groups in total. The monoisotopic (exact) mass is 371 g/mol. The molecule has 1 aliphatic heterocycles. The topological polar surface area (TPSA) is 54.3 Å². The van der Waals surface area contributed by atoms with Crippen LogP contribution in [0.25, 0.3) is 0 Å². The van der Waals surface area contributed by atoms with E-state index in [-0.39, 0.29) is 24.4 Å². The maximum Gasteiger partial charge on any atom is 0.249 e. The number of amides is 2. The third-order valence-corrected chi connectivity index (χ3v) is 5.55. The van der Waals surface area contributed by atoms with Crippen molar-refractivity contribution in [2.24, 2.45) is 0 Å². The highest BCUT2D eigenvalue weighted by atomic mass is 35.5. The van der Waals surface area contributed by atoms with Gasteiger partial charge in [-0.1, -0.05) is 36.6 Å². The fourth-order valence-corrected chi connectivity index (χ4v) is 4.08. The molecule has 4 rings (SSSR count). The molecule has 1 aromatic heterocycles. The Balaban J connectivity index is 1.62. The van der Waals surface area contributed by atoms with Crippen LogP contribution >= 0.6 is 11.6 Å². The fraction of sp³-hybridized carbons (Fsp3) is 0.400. The predicted molar refractivity (Wildman–Crippen MR) is 99.6 cm³/mol. The zero-order valence-electron chi connectivity index (χ0n) is 14.5. The third-order valence-electron chi connectivity index (χ3n) is 5.30. The van der Waals surface area contributed by atoms with Crippen LogP contribution in [0.3, 0.4) is 0 Å². The van der Waals surface area contributed by atoms with Crippen LogP contribution in [-0.4, -0.2) is 27.3 Å². The van der Waals surface area contributed by atoms with Crippen molar-refractivity contribution in [1.82, 2.24) is 14.8 Å². The lowest BCUT2D eigenvalue weighted by Gasteiger charge is -2.36. The Labute approximate surface area is 157 Å². The van der Waals surface area contributed by atoms with E-state index in [0.29, 0.717) is 11.6 Å². The minimum Gasteiger partial charge on any atom is -0.351 e. The van der Waals surface area contributed by atoms with Crippen molar-refractivity contribution < 1.29 is 9.59 Å². The van der Waals surface area contributed by atoms with E-state index >= 15 is 0 Å². The van der Waals surface area contributed by atoms with Crippen LogP contribution in [0.15, 0.2) is 42.6 Å². The second-order valence-electron chi connectivity index (χ2n) is 7.10. The lowest BCUT2D eigenvalue weighted by atomic mass is 10.1. The van der Waals surface area contributed by atoms with Gasteiger partial charge < -0.3 is 14.8 Å². The molecule has 1 aliphatic carbocycles. The van der Waals surface area contributed by atoms with E-state index in [4.69, 9.17) is 11.6 Å². The van der Waals surface area contributed by atoms with E-state index in [1.165, 1.54) is 0 Å². The Morgan fingerprint density at radius 2 is 1.88 bits per heavy atom. The van der Waals surface area contributed by atoms with Crippen LogP contribution in [0.4, 0.5) is 0 Å². The van der Waals surface area contributed by atoms with Crippen molar-refractivity contribution >= 4 is 23.4 Å². The molecule has 6 heteroatoms. The molecule has 1 saturated carbocycles. The minimum atomic E-state index is -0.595. The maximum atomic E-state index is 13.1. The van der Waals surface area contributed by atoms with Gasteiger partial charge in [0, 0.05) is 23.8 Å². The summed E-state index contributed by atoms with van der Waals surface area (Å²) in [5.74, 6) is -0.130. The van der Waals surface area contributed by atoms with Gasteiger partial charge in [-0.05, 0) is 42.7 Å². The molecule has 2 heterocycles. The second kappa shape index (κ2) is 7.16. The lowest BCUT2D eigenvalue weighted by molar-refractivity contribution is -0.144. The molecule has 136 valence electrons. The summed E-state index contributed by atoms with van der Waals surface area (Å²) in [4.78, 5) is 27.5. The quantitative estimate of drug-likeness (QED) is 0.896. The van der Waals surface area contributed by atoms with Gasteiger partial charge >= 0.3 is 0 Å². The highest BCUT2D eigenvalue weighted by molar-refractivity contribution is 6.30. The van der Waals surface area contributed by atoms with Crippen LogP contribution in [0.2, 0.25) is 5.02 Å². The SMILES string of the molecule is O=C(NC1CCCC1)[C@@H]1c2cccn2CC(=O)N1Cc1ccc(Cl)cc1. The Bertz CT molecular complexity index is 809. The number of nitrogens with one attached hydrogen (secondary N) is 1. The first-order chi connectivity index (χ1) is 12.6. The molecule has 5 nitrogen and oxygen atoms in total. The molecular weight excluding hydrogens is 350 g/mol. The lowest BCUT2D eigenvalue weighted by Crippen LogP contribution is -2.50. The van der Waals surface area contributed by atoms with E-state index in [9.17, 15) is 9.59 Å². The fourth-order valence-electron chi connectivity index (χ4n) is 3.95. The molecule has 1 fully saturated rings. The third kappa shape index (κ3) is 3.36. The molecule has 0 unspecified atom stereocenters. The van der Waals surface area contributed by atoms with E-state index in [1.807, 2.05) is 47.2 Å². The van der Waals surface area contributed by atoms with Gasteiger partial charge in [0.25, 0.3) is 0 Å². The van der Waals surface area contributed by atoms with Gasteiger partial charge in [-0.15, -0.1) is 0 Å². The molecule has 2 aromatic rings. The van der Waals surface area contributed by atoms with Gasteiger partial charge in [-0.3, -0.25) is 9.59 Å². The summed E-state index contributed by atoms with van der Waals surface area (Å²) < 4.78 is 1.87. The first-order valence-corrected chi connectivity index (χ1v) is 9.49. The number of halogens is 1. The first kappa shape index (κ1) is 17.2. The van der Waals surface area contributed by atoms with Crippen LogP contribution in [-0.2, 0) is 22.7 Å². The molecule has 1 atom stereocenters. The average molecular weight is 372 g/mol. The van der Waals surface area contributed by atoms with Gasteiger partial charge in [0.15, 0.2) is 6.04 Å². The largest absolute Gasteiger partial charge is 0.351 e. The van der Waals surface area contributed by atoms with Gasteiger partial charge in [0.2, 0.25) is 11.8 Å². The number of hydrogen-bond donors (Lipinski definition) is 1. The Kier molecular flexibility index (Phi) is 4.72. The van der Waals surface area contributed by atoms with Crippen molar-refractivity contribution in [2.45, 2.75) is 50.9 Å². The molecule has 2 aliphatic rings. The smallest absolute Gasteiger partial charge is 0.249 e. The summed E-state index contributed by atoms with van der Waals surface area (Å²) in [5, 5.41) is 3.81. The van der Waals surface area contributed by atoms with E-state index < -0.39 is 6.04 Å². The Hall–Kier alpha value is -2.27. The summed E-state index contributed by atoms with van der Waals surface area (Å²) in [6.07, 6.45) is 6.21. The molecule has 0 bridgehead atoms. The molecule has 1 aromatic carbocycles. The number of fused-ring (bicyclic) bond motifs is 1. The average Bonchev–Trinajstić information content (AvgIpc) is 3.28. The number of aromatic nitrogens is 1. The zero-order chi connectivity index (χ0) is 18.1. The molecule has 26 heavy (non-hydrogen) atoms. The van der Waals surface area contributed by atoms with Crippen LogP contribution in [0.1, 0.15) is 43.0 Å². The van der Waals surface area contributed by atoms with Crippen molar-refractivity contribution in [2.75, 3.05) is 0 Å². The molecule has 0 saturated heterocycles. The number of nitrogens with zero attached hydrogens (tertiary/aromatic N) is 2. The normalized spacial score (nSPS) is 20.3. The van der Waals surface area contributed by atoms with E-state index in [0.717, 1.165) is 36.9 Å². The molecular formula is C20H22ClN3O2. The second-order valence-corrected chi connectivity index (χ2v) is 7.54. The summed E-state index contributed by atoms with van der Waals surface area (Å²) in [5.41, 5.74) is 1.83. The maximum absolute atomic E-state index is 13.1. The molecule has 0 spiro atoms. The molecule has 2 amide bonds. The summed E-state index contributed by atoms with van der Waals surface area (Å²) in [6.45, 7) is 0.660.